The number of benzene rings is 1. The van der Waals surface area contributed by atoms with Crippen LogP contribution in [0, 0.1) is 0 Å². The molecule has 2 aliphatic rings. The van der Waals surface area contributed by atoms with Crippen LogP contribution in [0.15, 0.2) is 42.9 Å². The van der Waals surface area contributed by atoms with Crippen molar-refractivity contribution in [3.63, 3.8) is 0 Å². The van der Waals surface area contributed by atoms with Gasteiger partial charge in [0.2, 0.25) is 5.95 Å². The van der Waals surface area contributed by atoms with Crippen LogP contribution in [0.4, 0.5) is 11.6 Å². The summed E-state index contributed by atoms with van der Waals surface area (Å²) in [5, 5.41) is 7.38. The van der Waals surface area contributed by atoms with E-state index in [0.717, 1.165) is 55.2 Å². The number of rotatable bonds is 6. The molecule has 0 bridgehead atoms. The van der Waals surface area contributed by atoms with Gasteiger partial charge in [0.25, 0.3) is 0 Å². The maximum atomic E-state index is 6.15. The lowest BCUT2D eigenvalue weighted by Crippen LogP contribution is -2.54. The van der Waals surface area contributed by atoms with Crippen molar-refractivity contribution in [2.75, 3.05) is 25.0 Å². The number of aromatic nitrogens is 4. The summed E-state index contributed by atoms with van der Waals surface area (Å²) in [6.07, 6.45) is 8.18. The fourth-order valence-electron chi connectivity index (χ4n) is 4.48. The summed E-state index contributed by atoms with van der Waals surface area (Å²) >= 11 is 0. The molecular weight excluding hydrogens is 404 g/mol. The number of fused-ring (bicyclic) bond motifs is 1. The highest BCUT2D eigenvalue weighted by atomic mass is 16.5. The second kappa shape index (κ2) is 8.88. The van der Waals surface area contributed by atoms with E-state index in [1.807, 2.05) is 19.3 Å². The monoisotopic (exact) mass is 434 g/mol. The van der Waals surface area contributed by atoms with Gasteiger partial charge in [-0.3, -0.25) is 9.58 Å². The molecule has 168 valence electrons. The van der Waals surface area contributed by atoms with Crippen LogP contribution in [0.3, 0.4) is 0 Å². The Morgan fingerprint density at radius 3 is 2.88 bits per heavy atom. The molecule has 4 heterocycles. The van der Waals surface area contributed by atoms with Crippen molar-refractivity contribution in [3.05, 3.63) is 48.4 Å². The molecule has 1 unspecified atom stereocenters. The largest absolute Gasteiger partial charge is 0.493 e. The minimum Gasteiger partial charge on any atom is -0.493 e. The third kappa shape index (κ3) is 4.47. The molecule has 1 saturated heterocycles. The number of anilines is 2. The quantitative estimate of drug-likeness (QED) is 0.630. The standard InChI is InChI=1S/C24H30N6O2/c1-16(2)32-19-14-30(15-19)22-5-4-10-31-23-11-17(6-7-20(22)23)21-8-9-25-24(28-21)27-18-12-26-29(3)13-18/h6-9,11-13,16,19,22H,4-5,10,14-15H2,1-3H3,(H,25,27,28). The first-order chi connectivity index (χ1) is 15.5. The van der Waals surface area contributed by atoms with E-state index >= 15 is 0 Å². The van der Waals surface area contributed by atoms with Gasteiger partial charge in [-0.15, -0.1) is 0 Å². The van der Waals surface area contributed by atoms with Gasteiger partial charge in [-0.25, -0.2) is 9.97 Å². The fraction of sp³-hybridized carbons (Fsp3) is 0.458. The van der Waals surface area contributed by atoms with E-state index in [9.17, 15) is 0 Å². The van der Waals surface area contributed by atoms with Gasteiger partial charge in [0.15, 0.2) is 0 Å². The van der Waals surface area contributed by atoms with Gasteiger partial charge < -0.3 is 14.8 Å². The molecule has 0 spiro atoms. The number of nitrogens with one attached hydrogen (secondary N) is 1. The second-order valence-electron chi connectivity index (χ2n) is 8.81. The Morgan fingerprint density at radius 2 is 2.09 bits per heavy atom. The highest BCUT2D eigenvalue weighted by Crippen LogP contribution is 2.40. The topological polar surface area (TPSA) is 77.3 Å². The average Bonchev–Trinajstić information content (AvgIpc) is 3.04. The minimum atomic E-state index is 0.278. The fourth-order valence-corrected chi connectivity index (χ4v) is 4.48. The molecule has 2 aliphatic heterocycles. The number of nitrogens with zero attached hydrogens (tertiary/aromatic N) is 5. The number of ether oxygens (including phenoxy) is 2. The molecule has 1 N–H and O–H groups in total. The number of hydrogen-bond acceptors (Lipinski definition) is 7. The molecule has 1 aromatic carbocycles. The first-order valence-corrected chi connectivity index (χ1v) is 11.3. The predicted octanol–water partition coefficient (Wildman–Crippen LogP) is 3.94. The van der Waals surface area contributed by atoms with Crippen LogP contribution in [0.5, 0.6) is 5.75 Å². The van der Waals surface area contributed by atoms with Crippen LogP contribution in [-0.4, -0.2) is 56.6 Å². The predicted molar refractivity (Wildman–Crippen MR) is 123 cm³/mol. The molecule has 5 rings (SSSR count). The van der Waals surface area contributed by atoms with Crippen molar-refractivity contribution < 1.29 is 9.47 Å². The number of hydrogen-bond donors (Lipinski definition) is 1. The van der Waals surface area contributed by atoms with Crippen molar-refractivity contribution in [1.29, 1.82) is 0 Å². The molecule has 1 atom stereocenters. The smallest absolute Gasteiger partial charge is 0.227 e. The summed E-state index contributed by atoms with van der Waals surface area (Å²) in [6.45, 7) is 6.91. The number of aryl methyl sites for hydroxylation is 1. The van der Waals surface area contributed by atoms with E-state index in [1.54, 1.807) is 17.1 Å². The highest BCUT2D eigenvalue weighted by Gasteiger charge is 2.36. The van der Waals surface area contributed by atoms with Gasteiger partial charge in [-0.05, 0) is 38.8 Å². The highest BCUT2D eigenvalue weighted by molar-refractivity contribution is 5.64. The van der Waals surface area contributed by atoms with Crippen LogP contribution in [-0.2, 0) is 11.8 Å². The summed E-state index contributed by atoms with van der Waals surface area (Å²) in [5.74, 6) is 1.50. The molecule has 0 amide bonds. The first kappa shape index (κ1) is 20.9. The Labute approximate surface area is 188 Å². The van der Waals surface area contributed by atoms with Gasteiger partial charge in [0, 0.05) is 49.7 Å². The Bertz CT molecular complexity index is 1080. The zero-order valence-corrected chi connectivity index (χ0v) is 18.9. The van der Waals surface area contributed by atoms with Gasteiger partial charge in [0.05, 0.1) is 36.4 Å². The molecule has 8 nitrogen and oxygen atoms in total. The second-order valence-corrected chi connectivity index (χ2v) is 8.81. The Morgan fingerprint density at radius 1 is 1.22 bits per heavy atom. The summed E-state index contributed by atoms with van der Waals surface area (Å²) in [5.41, 5.74) is 3.99. The lowest BCUT2D eigenvalue weighted by molar-refractivity contribution is -0.0965. The molecule has 8 heteroatoms. The molecule has 2 aromatic heterocycles. The molecular formula is C24H30N6O2. The van der Waals surface area contributed by atoms with Crippen LogP contribution >= 0.6 is 0 Å². The van der Waals surface area contributed by atoms with E-state index < -0.39 is 0 Å². The van der Waals surface area contributed by atoms with Crippen molar-refractivity contribution in [2.24, 2.45) is 7.05 Å². The lowest BCUT2D eigenvalue weighted by Gasteiger charge is -2.44. The summed E-state index contributed by atoms with van der Waals surface area (Å²) in [6, 6.07) is 8.76. The summed E-state index contributed by atoms with van der Waals surface area (Å²) in [7, 11) is 1.88. The first-order valence-electron chi connectivity index (χ1n) is 11.3. The van der Waals surface area contributed by atoms with Crippen molar-refractivity contribution >= 4 is 11.6 Å². The average molecular weight is 435 g/mol. The van der Waals surface area contributed by atoms with E-state index in [4.69, 9.17) is 14.5 Å². The van der Waals surface area contributed by atoms with E-state index in [2.05, 4.69) is 52.3 Å². The molecule has 32 heavy (non-hydrogen) atoms. The summed E-state index contributed by atoms with van der Waals surface area (Å²) < 4.78 is 13.8. The summed E-state index contributed by atoms with van der Waals surface area (Å²) in [4.78, 5) is 11.6. The molecule has 1 fully saturated rings. The van der Waals surface area contributed by atoms with Crippen LogP contribution in [0.1, 0.15) is 38.3 Å². The normalized spacial score (nSPS) is 19.2. The molecule has 3 aromatic rings. The van der Waals surface area contributed by atoms with Crippen LogP contribution in [0.25, 0.3) is 11.3 Å². The Kier molecular flexibility index (Phi) is 5.80. The van der Waals surface area contributed by atoms with Crippen molar-refractivity contribution in [2.45, 2.75) is 44.9 Å². The van der Waals surface area contributed by atoms with Crippen molar-refractivity contribution in [3.8, 4) is 17.0 Å². The van der Waals surface area contributed by atoms with Crippen LogP contribution in [0.2, 0.25) is 0 Å². The molecule has 0 aliphatic carbocycles. The maximum Gasteiger partial charge on any atom is 0.227 e. The Balaban J connectivity index is 1.35. The molecule has 0 saturated carbocycles. The van der Waals surface area contributed by atoms with Gasteiger partial charge in [-0.2, -0.15) is 5.10 Å². The SMILES string of the molecule is CC(C)OC1CN(C2CCCOc3cc(-c4ccnc(Nc5cnn(C)c5)n4)ccc32)C1. The zero-order valence-electron chi connectivity index (χ0n) is 18.9. The van der Waals surface area contributed by atoms with Gasteiger partial charge in [0.1, 0.15) is 5.75 Å². The van der Waals surface area contributed by atoms with Crippen molar-refractivity contribution in [1.82, 2.24) is 24.6 Å². The van der Waals surface area contributed by atoms with E-state index in [-0.39, 0.29) is 6.10 Å². The van der Waals surface area contributed by atoms with Crippen LogP contribution < -0.4 is 10.1 Å². The lowest BCUT2D eigenvalue weighted by atomic mass is 9.95. The van der Waals surface area contributed by atoms with E-state index in [1.165, 1.54) is 5.56 Å². The third-order valence-corrected chi connectivity index (χ3v) is 5.95. The van der Waals surface area contributed by atoms with Gasteiger partial charge >= 0.3 is 0 Å². The minimum absolute atomic E-state index is 0.278. The zero-order chi connectivity index (χ0) is 22.1. The Hall–Kier alpha value is -2.97. The number of likely N-dealkylation sites (tertiary alicyclic amines) is 1. The van der Waals surface area contributed by atoms with E-state index in [0.29, 0.717) is 18.1 Å². The molecule has 0 radical (unpaired) electrons. The third-order valence-electron chi connectivity index (χ3n) is 5.95. The maximum absolute atomic E-state index is 6.15. The van der Waals surface area contributed by atoms with Gasteiger partial charge in [-0.1, -0.05) is 12.1 Å².